The summed E-state index contributed by atoms with van der Waals surface area (Å²) in [5, 5.41) is 12.8. The first-order valence-corrected chi connectivity index (χ1v) is 5.66. The lowest BCUT2D eigenvalue weighted by Crippen LogP contribution is -2.28. The minimum absolute atomic E-state index is 0.0475. The van der Waals surface area contributed by atoms with Crippen LogP contribution < -0.4 is 10.5 Å². The van der Waals surface area contributed by atoms with Gasteiger partial charge in [0.15, 0.2) is 5.82 Å². The second-order valence-electron chi connectivity index (χ2n) is 4.12. The lowest BCUT2D eigenvalue weighted by molar-refractivity contribution is 0.0696. The summed E-state index contributed by atoms with van der Waals surface area (Å²) in [6, 6.07) is 3.35. The molecule has 0 aliphatic rings. The summed E-state index contributed by atoms with van der Waals surface area (Å²) in [6.07, 6.45) is 0. The van der Waals surface area contributed by atoms with E-state index in [1.54, 1.807) is 6.92 Å². The Morgan fingerprint density at radius 3 is 2.70 bits per heavy atom. The van der Waals surface area contributed by atoms with E-state index in [0.29, 0.717) is 11.4 Å². The van der Waals surface area contributed by atoms with Crippen molar-refractivity contribution in [3.8, 4) is 0 Å². The number of carboxylic acids is 1. The molecule has 0 amide bonds. The predicted molar refractivity (Wildman–Crippen MR) is 66.2 cm³/mol. The number of nitrogens with zero attached hydrogens (tertiary/aromatic N) is 3. The number of carbonyl (C=O) groups is 1. The lowest BCUT2D eigenvalue weighted by Gasteiger charge is -2.03. The largest absolute Gasteiger partial charge is 0.478 e. The van der Waals surface area contributed by atoms with E-state index in [1.165, 1.54) is 13.2 Å². The van der Waals surface area contributed by atoms with E-state index in [4.69, 9.17) is 9.94 Å². The van der Waals surface area contributed by atoms with Crippen LogP contribution in [0.25, 0.3) is 0 Å². The van der Waals surface area contributed by atoms with Crippen LogP contribution in [0.15, 0.2) is 23.0 Å². The Morgan fingerprint density at radius 2 is 2.15 bits per heavy atom. The molecule has 7 nitrogen and oxygen atoms in total. The van der Waals surface area contributed by atoms with Crippen LogP contribution in [0.5, 0.6) is 0 Å². The minimum atomic E-state index is -1.24. The third-order valence-corrected chi connectivity index (χ3v) is 2.67. The fraction of sp³-hybridized carbons (Fsp3) is 0.250. The normalized spacial score (nSPS) is 10.6. The van der Waals surface area contributed by atoms with Gasteiger partial charge < -0.3 is 9.94 Å². The first-order valence-electron chi connectivity index (χ1n) is 5.66. The number of carboxylic acid groups (broad SMARTS) is 1. The highest BCUT2D eigenvalue weighted by Gasteiger charge is 2.12. The molecule has 0 fully saturated rings. The van der Waals surface area contributed by atoms with Gasteiger partial charge in [-0.3, -0.25) is 0 Å². The number of aromatic carboxylic acids is 1. The Bertz CT molecular complexity index is 720. The maximum Gasteiger partial charge on any atom is 0.379 e. The van der Waals surface area contributed by atoms with Crippen LogP contribution in [0.2, 0.25) is 0 Å². The van der Waals surface area contributed by atoms with E-state index in [-0.39, 0.29) is 12.1 Å². The molecule has 0 bridgehead atoms. The van der Waals surface area contributed by atoms with E-state index >= 15 is 0 Å². The minimum Gasteiger partial charge on any atom is -0.478 e. The van der Waals surface area contributed by atoms with E-state index in [0.717, 1.165) is 21.5 Å². The topological polar surface area (TPSA) is 86.3 Å². The average molecular weight is 281 g/mol. The highest BCUT2D eigenvalue weighted by Crippen LogP contribution is 2.10. The molecule has 1 N–H and O–H groups in total. The zero-order valence-corrected chi connectivity index (χ0v) is 10.8. The quantitative estimate of drug-likeness (QED) is 0.871. The molecule has 106 valence electrons. The molecular formula is C12H12FN3O4. The first-order chi connectivity index (χ1) is 9.42. The van der Waals surface area contributed by atoms with Crippen LogP contribution >= 0.6 is 0 Å². The van der Waals surface area contributed by atoms with Gasteiger partial charge in [-0.1, -0.05) is 0 Å². The molecule has 1 heterocycles. The van der Waals surface area contributed by atoms with Gasteiger partial charge in [-0.05, 0) is 30.7 Å². The molecule has 0 atom stereocenters. The fourth-order valence-electron chi connectivity index (χ4n) is 1.85. The van der Waals surface area contributed by atoms with Crippen LogP contribution in [0.4, 0.5) is 4.39 Å². The van der Waals surface area contributed by atoms with Crippen molar-refractivity contribution in [3.63, 3.8) is 0 Å². The van der Waals surface area contributed by atoms with Crippen molar-refractivity contribution in [2.45, 2.75) is 13.5 Å². The van der Waals surface area contributed by atoms with Gasteiger partial charge in [-0.2, -0.15) is 5.10 Å². The van der Waals surface area contributed by atoms with Crippen molar-refractivity contribution in [3.05, 3.63) is 51.5 Å². The zero-order valence-electron chi connectivity index (χ0n) is 10.8. The van der Waals surface area contributed by atoms with Gasteiger partial charge in [0, 0.05) is 0 Å². The van der Waals surface area contributed by atoms with Crippen LogP contribution in [-0.2, 0) is 6.54 Å². The second-order valence-corrected chi connectivity index (χ2v) is 4.12. The molecule has 8 heteroatoms. The molecule has 2 rings (SSSR count). The number of rotatable bonds is 4. The Kier molecular flexibility index (Phi) is 3.55. The van der Waals surface area contributed by atoms with Gasteiger partial charge in [0.25, 0.3) is 0 Å². The highest BCUT2D eigenvalue weighted by molar-refractivity contribution is 5.87. The van der Waals surface area contributed by atoms with Crippen molar-refractivity contribution >= 4 is 5.97 Å². The molecule has 0 spiro atoms. The summed E-state index contributed by atoms with van der Waals surface area (Å²) < 4.78 is 15.4. The van der Waals surface area contributed by atoms with Crippen LogP contribution in [0, 0.1) is 12.7 Å². The van der Waals surface area contributed by atoms with Crippen LogP contribution in [0.1, 0.15) is 21.7 Å². The summed E-state index contributed by atoms with van der Waals surface area (Å²) in [4.78, 5) is 27.5. The number of benzene rings is 1. The van der Waals surface area contributed by atoms with E-state index in [2.05, 4.69) is 5.10 Å². The van der Waals surface area contributed by atoms with E-state index in [9.17, 15) is 14.0 Å². The monoisotopic (exact) mass is 281 g/mol. The summed E-state index contributed by atoms with van der Waals surface area (Å²) in [6.45, 7) is 1.53. The Balaban J connectivity index is 2.40. The third-order valence-electron chi connectivity index (χ3n) is 2.67. The number of hydrogen-bond acceptors (Lipinski definition) is 4. The second kappa shape index (κ2) is 5.16. The van der Waals surface area contributed by atoms with Crippen LogP contribution in [-0.4, -0.2) is 32.7 Å². The van der Waals surface area contributed by atoms with Gasteiger partial charge in [-0.25, -0.2) is 18.7 Å². The highest BCUT2D eigenvalue weighted by atomic mass is 19.1. The van der Waals surface area contributed by atoms with Gasteiger partial charge in [0.1, 0.15) is 12.9 Å². The molecule has 0 saturated heterocycles. The standard InChI is InChI=1S/C12H12FN3O4/c1-7-14-15(12(19)16(7)20-2)6-8-3-9(11(17)18)5-10(13)4-8/h3-5H,6H2,1-2H3,(H,17,18). The Labute approximate surface area is 112 Å². The summed E-state index contributed by atoms with van der Waals surface area (Å²) in [7, 11) is 1.32. The molecule has 0 aliphatic heterocycles. The molecule has 0 aliphatic carbocycles. The molecule has 0 saturated carbocycles. The number of aromatic nitrogens is 3. The van der Waals surface area contributed by atoms with Crippen LogP contribution in [0.3, 0.4) is 0 Å². The smallest absolute Gasteiger partial charge is 0.379 e. The van der Waals surface area contributed by atoms with Crippen molar-refractivity contribution < 1.29 is 19.1 Å². The van der Waals surface area contributed by atoms with Crippen molar-refractivity contribution in [1.29, 1.82) is 0 Å². The maximum atomic E-state index is 13.3. The first kappa shape index (κ1) is 13.8. The predicted octanol–water partition coefficient (Wildman–Crippen LogP) is 0.297. The Hall–Kier alpha value is -2.64. The number of aryl methyl sites for hydroxylation is 1. The summed E-state index contributed by atoms with van der Waals surface area (Å²) >= 11 is 0. The number of hydrogen-bond donors (Lipinski definition) is 1. The molecule has 0 unspecified atom stereocenters. The summed E-state index contributed by atoms with van der Waals surface area (Å²) in [5.41, 5.74) is -0.382. The van der Waals surface area contributed by atoms with Crippen molar-refractivity contribution in [1.82, 2.24) is 14.5 Å². The average Bonchev–Trinajstić information content (AvgIpc) is 2.63. The zero-order chi connectivity index (χ0) is 14.9. The van der Waals surface area contributed by atoms with Gasteiger partial charge in [0.2, 0.25) is 0 Å². The molecule has 0 radical (unpaired) electrons. The molecule has 1 aromatic heterocycles. The third kappa shape index (κ3) is 2.53. The van der Waals surface area contributed by atoms with Gasteiger partial charge in [0.05, 0.1) is 12.1 Å². The molecular weight excluding hydrogens is 269 g/mol. The number of halogens is 1. The van der Waals surface area contributed by atoms with E-state index in [1.807, 2.05) is 0 Å². The van der Waals surface area contributed by atoms with E-state index < -0.39 is 17.5 Å². The molecule has 2 aromatic rings. The van der Waals surface area contributed by atoms with Crippen molar-refractivity contribution in [2.24, 2.45) is 0 Å². The Morgan fingerprint density at radius 1 is 1.45 bits per heavy atom. The molecule has 20 heavy (non-hydrogen) atoms. The summed E-state index contributed by atoms with van der Waals surface area (Å²) in [5.74, 6) is -1.58. The van der Waals surface area contributed by atoms with Gasteiger partial charge >= 0.3 is 11.7 Å². The SMILES string of the molecule is COn1c(C)nn(Cc2cc(F)cc(C(=O)O)c2)c1=O. The van der Waals surface area contributed by atoms with Crippen molar-refractivity contribution in [2.75, 3.05) is 7.11 Å². The lowest BCUT2D eigenvalue weighted by atomic mass is 10.1. The van der Waals surface area contributed by atoms with Gasteiger partial charge in [-0.15, -0.1) is 4.73 Å². The molecule has 1 aromatic carbocycles. The fourth-order valence-corrected chi connectivity index (χ4v) is 1.85. The maximum absolute atomic E-state index is 13.3.